The monoisotopic (exact) mass is 273 g/mol. The second-order valence-electron chi connectivity index (χ2n) is 3.41. The largest absolute Gasteiger partial charge is 0.498 e. The van der Waals surface area contributed by atoms with E-state index in [1.807, 2.05) is 31.2 Å². The van der Waals surface area contributed by atoms with E-state index in [0.717, 1.165) is 5.56 Å². The summed E-state index contributed by atoms with van der Waals surface area (Å²) >= 11 is 11.2. The fourth-order valence-corrected chi connectivity index (χ4v) is 1.46. The first-order valence-corrected chi connectivity index (χ1v) is 5.81. The molecule has 0 bridgehead atoms. The minimum atomic E-state index is -0.858. The molecule has 0 unspecified atom stereocenters. The number of amides is 1. The zero-order chi connectivity index (χ0) is 12.8. The Labute approximate surface area is 110 Å². The number of hydrogen-bond donors (Lipinski definition) is 1. The van der Waals surface area contributed by atoms with Crippen LogP contribution in [0.2, 0.25) is 0 Å². The van der Waals surface area contributed by atoms with Crippen molar-refractivity contribution in [2.24, 2.45) is 0 Å². The van der Waals surface area contributed by atoms with Gasteiger partial charge in [0.15, 0.2) is 4.84 Å². The van der Waals surface area contributed by atoms with E-state index >= 15 is 0 Å². The molecule has 0 saturated carbocycles. The van der Waals surface area contributed by atoms with Gasteiger partial charge in [-0.25, -0.2) is 0 Å². The molecule has 1 rings (SSSR count). The van der Waals surface area contributed by atoms with Crippen LogP contribution >= 0.6 is 23.2 Å². The van der Waals surface area contributed by atoms with Crippen LogP contribution in [0.5, 0.6) is 0 Å². The molecule has 0 spiro atoms. The number of nitrogens with one attached hydrogen (secondary N) is 1. The molecule has 1 amide bonds. The van der Waals surface area contributed by atoms with Crippen molar-refractivity contribution < 1.29 is 9.53 Å². The van der Waals surface area contributed by atoms with E-state index in [0.29, 0.717) is 5.69 Å². The third-order valence-electron chi connectivity index (χ3n) is 2.04. The number of halogens is 2. The Morgan fingerprint density at radius 2 is 1.94 bits per heavy atom. The van der Waals surface area contributed by atoms with Crippen molar-refractivity contribution in [1.82, 2.24) is 0 Å². The van der Waals surface area contributed by atoms with Gasteiger partial charge >= 0.3 is 0 Å². The van der Waals surface area contributed by atoms with Crippen LogP contribution in [0.4, 0.5) is 5.69 Å². The maximum atomic E-state index is 11.6. The summed E-state index contributed by atoms with van der Waals surface area (Å²) in [5.74, 6) is -0.130. The van der Waals surface area contributed by atoms with E-state index in [-0.39, 0.29) is 11.7 Å². The number of carbonyl (C=O) groups excluding carboxylic acids is 1. The van der Waals surface area contributed by atoms with Crippen molar-refractivity contribution in [2.75, 3.05) is 12.4 Å². The Balaban J connectivity index is 2.69. The van der Waals surface area contributed by atoms with E-state index < -0.39 is 4.84 Å². The second kappa shape index (κ2) is 6.52. The van der Waals surface area contributed by atoms with Crippen LogP contribution in [0.25, 0.3) is 0 Å². The lowest BCUT2D eigenvalue weighted by Gasteiger charge is -2.07. The number of anilines is 1. The Morgan fingerprint density at radius 3 is 2.41 bits per heavy atom. The first-order valence-electron chi connectivity index (χ1n) is 4.94. The number of carbonyl (C=O) groups is 1. The number of benzene rings is 1. The highest BCUT2D eigenvalue weighted by Crippen LogP contribution is 2.15. The van der Waals surface area contributed by atoms with Gasteiger partial charge in [0.25, 0.3) is 5.91 Å². The third kappa shape index (κ3) is 4.67. The second-order valence-corrected chi connectivity index (χ2v) is 4.50. The number of aryl methyl sites for hydroxylation is 1. The molecule has 1 aromatic rings. The molecule has 0 radical (unpaired) electrons. The van der Waals surface area contributed by atoms with Crippen LogP contribution in [0.1, 0.15) is 5.56 Å². The molecule has 5 heteroatoms. The quantitative estimate of drug-likeness (QED) is 0.520. The van der Waals surface area contributed by atoms with Crippen LogP contribution in [0, 0.1) is 6.92 Å². The fourth-order valence-electron chi connectivity index (χ4n) is 1.16. The maximum absolute atomic E-state index is 11.6. The number of rotatable bonds is 4. The molecule has 1 aromatic carbocycles. The summed E-state index contributed by atoms with van der Waals surface area (Å²) in [6, 6.07) is 7.43. The number of allylic oxidation sites excluding steroid dienone is 1. The Bertz CT molecular complexity index is 413. The highest BCUT2D eigenvalue weighted by Gasteiger charge is 2.10. The topological polar surface area (TPSA) is 38.3 Å². The minimum Gasteiger partial charge on any atom is -0.498 e. The molecule has 3 nitrogen and oxygen atoms in total. The molecule has 17 heavy (non-hydrogen) atoms. The third-order valence-corrected chi connectivity index (χ3v) is 2.47. The standard InChI is InChI=1S/C12H13Cl2NO2/c1-8-3-5-9(6-4-8)15-11(16)7-10(17-2)12(13)14/h3-7,12H,1-2H3,(H,15,16)/b10-7+. The lowest BCUT2D eigenvalue weighted by atomic mass is 10.2. The average molecular weight is 274 g/mol. The smallest absolute Gasteiger partial charge is 0.251 e. The van der Waals surface area contributed by atoms with Gasteiger partial charge in [0.05, 0.1) is 7.11 Å². The molecule has 0 saturated heterocycles. The Morgan fingerprint density at radius 1 is 1.35 bits per heavy atom. The summed E-state index contributed by atoms with van der Waals surface area (Å²) in [5, 5.41) is 2.68. The number of hydrogen-bond acceptors (Lipinski definition) is 2. The van der Waals surface area contributed by atoms with Gasteiger partial charge in [-0.2, -0.15) is 0 Å². The summed E-state index contributed by atoms with van der Waals surface area (Å²) in [4.78, 5) is 10.7. The zero-order valence-electron chi connectivity index (χ0n) is 9.54. The van der Waals surface area contributed by atoms with Crippen molar-refractivity contribution in [3.8, 4) is 0 Å². The van der Waals surface area contributed by atoms with Crippen LogP contribution < -0.4 is 5.32 Å². The summed E-state index contributed by atoms with van der Waals surface area (Å²) in [6.45, 7) is 1.97. The van der Waals surface area contributed by atoms with E-state index in [9.17, 15) is 4.79 Å². The lowest BCUT2D eigenvalue weighted by Crippen LogP contribution is -2.11. The van der Waals surface area contributed by atoms with Crippen LogP contribution in [-0.4, -0.2) is 17.9 Å². The number of ether oxygens (including phenoxy) is 1. The molecule has 0 atom stereocenters. The molecule has 0 aliphatic rings. The van der Waals surface area contributed by atoms with Gasteiger partial charge in [-0.15, -0.1) is 0 Å². The van der Waals surface area contributed by atoms with Gasteiger partial charge in [-0.3, -0.25) is 4.79 Å². The summed E-state index contributed by atoms with van der Waals surface area (Å²) in [6.07, 6.45) is 1.23. The Kier molecular flexibility index (Phi) is 5.32. The van der Waals surface area contributed by atoms with Gasteiger partial charge in [0, 0.05) is 11.8 Å². The van der Waals surface area contributed by atoms with Crippen molar-refractivity contribution in [2.45, 2.75) is 11.8 Å². The maximum Gasteiger partial charge on any atom is 0.251 e. The summed E-state index contributed by atoms with van der Waals surface area (Å²) < 4.78 is 4.88. The van der Waals surface area contributed by atoms with E-state index in [4.69, 9.17) is 27.9 Å². The predicted molar refractivity (Wildman–Crippen MR) is 70.4 cm³/mol. The van der Waals surface area contributed by atoms with Crippen molar-refractivity contribution in [3.63, 3.8) is 0 Å². The van der Waals surface area contributed by atoms with Gasteiger partial charge in [-0.1, -0.05) is 40.9 Å². The first-order chi connectivity index (χ1) is 8.02. The molecule has 0 aliphatic carbocycles. The molecule has 0 aliphatic heterocycles. The van der Waals surface area contributed by atoms with E-state index in [2.05, 4.69) is 5.32 Å². The Hall–Kier alpha value is -1.19. The zero-order valence-corrected chi connectivity index (χ0v) is 11.0. The molecule has 0 aromatic heterocycles. The SMILES string of the molecule is CO/C(=C/C(=O)Nc1ccc(C)cc1)C(Cl)Cl. The molecular formula is C12H13Cl2NO2. The minimum absolute atomic E-state index is 0.206. The van der Waals surface area contributed by atoms with Gasteiger partial charge in [0.1, 0.15) is 5.76 Å². The van der Waals surface area contributed by atoms with Crippen LogP contribution in [-0.2, 0) is 9.53 Å². The number of alkyl halides is 2. The molecule has 92 valence electrons. The van der Waals surface area contributed by atoms with Crippen molar-refractivity contribution >= 4 is 34.8 Å². The van der Waals surface area contributed by atoms with Gasteiger partial charge in [0.2, 0.25) is 0 Å². The fraction of sp³-hybridized carbons (Fsp3) is 0.250. The molecule has 0 heterocycles. The van der Waals surface area contributed by atoms with Crippen molar-refractivity contribution in [1.29, 1.82) is 0 Å². The molecule has 1 N–H and O–H groups in total. The van der Waals surface area contributed by atoms with E-state index in [1.54, 1.807) is 0 Å². The normalized spacial score (nSPS) is 11.5. The molecular weight excluding hydrogens is 261 g/mol. The first kappa shape index (κ1) is 13.9. The van der Waals surface area contributed by atoms with Gasteiger partial charge in [-0.05, 0) is 19.1 Å². The lowest BCUT2D eigenvalue weighted by molar-refractivity contribution is -0.112. The molecule has 0 fully saturated rings. The highest BCUT2D eigenvalue weighted by molar-refractivity contribution is 6.46. The highest BCUT2D eigenvalue weighted by atomic mass is 35.5. The summed E-state index contributed by atoms with van der Waals surface area (Å²) in [7, 11) is 1.41. The number of methoxy groups -OCH3 is 1. The summed E-state index contributed by atoms with van der Waals surface area (Å²) in [5.41, 5.74) is 1.82. The van der Waals surface area contributed by atoms with Gasteiger partial charge < -0.3 is 10.1 Å². The van der Waals surface area contributed by atoms with Crippen molar-refractivity contribution in [3.05, 3.63) is 41.7 Å². The van der Waals surface area contributed by atoms with Crippen LogP contribution in [0.3, 0.4) is 0 Å². The average Bonchev–Trinajstić information content (AvgIpc) is 2.28. The van der Waals surface area contributed by atoms with Crippen LogP contribution in [0.15, 0.2) is 36.1 Å². The predicted octanol–water partition coefficient (Wildman–Crippen LogP) is 3.27. The van der Waals surface area contributed by atoms with E-state index in [1.165, 1.54) is 13.2 Å².